The Kier molecular flexibility index (Phi) is 6.31. The van der Waals surface area contributed by atoms with E-state index in [-0.39, 0.29) is 17.9 Å². The first-order chi connectivity index (χ1) is 9.43. The van der Waals surface area contributed by atoms with Crippen molar-refractivity contribution in [3.8, 4) is 5.75 Å². The molecule has 0 aliphatic heterocycles. The van der Waals surface area contributed by atoms with Crippen LogP contribution in [0.3, 0.4) is 0 Å². The van der Waals surface area contributed by atoms with Crippen LogP contribution in [0.4, 0.5) is 5.69 Å². The summed E-state index contributed by atoms with van der Waals surface area (Å²) >= 11 is 0. The van der Waals surface area contributed by atoms with Crippen LogP contribution in [0.15, 0.2) is 24.3 Å². The van der Waals surface area contributed by atoms with E-state index in [0.29, 0.717) is 37.4 Å². The van der Waals surface area contributed by atoms with Crippen LogP contribution in [0.25, 0.3) is 0 Å². The number of rotatable bonds is 8. The van der Waals surface area contributed by atoms with Gasteiger partial charge in [0.2, 0.25) is 5.91 Å². The predicted octanol–water partition coefficient (Wildman–Crippen LogP) is 1.56. The third-order valence-electron chi connectivity index (χ3n) is 3.01. The molecule has 0 unspecified atom stereocenters. The topological polar surface area (TPSA) is 84.6 Å². The van der Waals surface area contributed by atoms with Crippen molar-refractivity contribution in [3.63, 3.8) is 0 Å². The van der Waals surface area contributed by atoms with Crippen molar-refractivity contribution in [1.29, 1.82) is 0 Å². The summed E-state index contributed by atoms with van der Waals surface area (Å²) in [6.07, 6.45) is 0.955. The largest absolute Gasteiger partial charge is 0.493 e. The summed E-state index contributed by atoms with van der Waals surface area (Å²) in [5.41, 5.74) is 6.17. The molecule has 5 nitrogen and oxygen atoms in total. The fourth-order valence-corrected chi connectivity index (χ4v) is 1.68. The van der Waals surface area contributed by atoms with E-state index in [0.717, 1.165) is 0 Å². The molecule has 1 amide bonds. The zero-order valence-electron chi connectivity index (χ0n) is 12.2. The molecule has 0 radical (unpaired) electrons. The molecule has 5 heteroatoms. The Morgan fingerprint density at radius 1 is 1.45 bits per heavy atom. The Bertz CT molecular complexity index is 433. The van der Waals surface area contributed by atoms with Crippen LogP contribution >= 0.6 is 0 Å². The van der Waals surface area contributed by atoms with E-state index in [9.17, 15) is 4.79 Å². The molecule has 112 valence electrons. The molecule has 0 fully saturated rings. The number of hydrogen-bond donors (Lipinski definition) is 3. The number of aliphatic hydroxyl groups excluding tert-OH is 1. The first kappa shape index (κ1) is 16.3. The number of nitrogens with two attached hydrogens (primary N) is 1. The third kappa shape index (κ3) is 6.43. The second kappa shape index (κ2) is 7.75. The second-order valence-corrected chi connectivity index (χ2v) is 5.59. The molecule has 1 aromatic rings. The predicted molar refractivity (Wildman–Crippen MR) is 79.5 cm³/mol. The number of hydrogen-bond acceptors (Lipinski definition) is 4. The smallest absolute Gasteiger partial charge is 0.223 e. The van der Waals surface area contributed by atoms with E-state index in [1.165, 1.54) is 0 Å². The maximum atomic E-state index is 11.7. The lowest BCUT2D eigenvalue weighted by atomic mass is 9.90. The SMILES string of the molecule is CC(C)(CCO)CNC(=O)CCOc1cccc(N)c1. The third-order valence-corrected chi connectivity index (χ3v) is 3.01. The first-order valence-electron chi connectivity index (χ1n) is 6.79. The van der Waals surface area contributed by atoms with Crippen molar-refractivity contribution in [2.24, 2.45) is 5.41 Å². The highest BCUT2D eigenvalue weighted by molar-refractivity contribution is 5.76. The average Bonchev–Trinajstić information content (AvgIpc) is 2.37. The minimum atomic E-state index is -0.0981. The summed E-state index contributed by atoms with van der Waals surface area (Å²) in [6, 6.07) is 7.12. The van der Waals surface area contributed by atoms with Crippen LogP contribution in [0.1, 0.15) is 26.7 Å². The zero-order valence-corrected chi connectivity index (χ0v) is 12.2. The molecule has 1 aromatic carbocycles. The van der Waals surface area contributed by atoms with Crippen molar-refractivity contribution in [3.05, 3.63) is 24.3 Å². The highest BCUT2D eigenvalue weighted by Gasteiger charge is 2.17. The maximum Gasteiger partial charge on any atom is 0.223 e. The number of benzene rings is 1. The molecule has 0 saturated heterocycles. The van der Waals surface area contributed by atoms with Gasteiger partial charge in [-0.1, -0.05) is 19.9 Å². The molecule has 0 heterocycles. The molecular formula is C15H24N2O3. The lowest BCUT2D eigenvalue weighted by Crippen LogP contribution is -2.35. The maximum absolute atomic E-state index is 11.7. The molecule has 0 saturated carbocycles. The van der Waals surface area contributed by atoms with Gasteiger partial charge in [-0.15, -0.1) is 0 Å². The quantitative estimate of drug-likeness (QED) is 0.631. The molecule has 0 spiro atoms. The monoisotopic (exact) mass is 280 g/mol. The normalized spacial score (nSPS) is 11.2. The van der Waals surface area contributed by atoms with Gasteiger partial charge in [0, 0.05) is 24.9 Å². The van der Waals surface area contributed by atoms with Crippen molar-refractivity contribution in [2.75, 3.05) is 25.5 Å². The number of nitrogens with one attached hydrogen (secondary N) is 1. The Balaban J connectivity index is 2.23. The van der Waals surface area contributed by atoms with Gasteiger partial charge in [0.15, 0.2) is 0 Å². The lowest BCUT2D eigenvalue weighted by molar-refractivity contribution is -0.122. The molecule has 0 aromatic heterocycles. The van der Waals surface area contributed by atoms with Crippen molar-refractivity contribution in [1.82, 2.24) is 5.32 Å². The van der Waals surface area contributed by atoms with Gasteiger partial charge >= 0.3 is 0 Å². The standard InChI is InChI=1S/C15H24N2O3/c1-15(2,7-8-18)11-17-14(19)6-9-20-13-5-3-4-12(16)10-13/h3-5,10,18H,6-9,11,16H2,1-2H3,(H,17,19). The summed E-state index contributed by atoms with van der Waals surface area (Å²) in [4.78, 5) is 11.7. The number of ether oxygens (including phenoxy) is 1. The van der Waals surface area contributed by atoms with Crippen molar-refractivity contribution in [2.45, 2.75) is 26.7 Å². The summed E-state index contributed by atoms with van der Waals surface area (Å²) in [5.74, 6) is 0.610. The van der Waals surface area contributed by atoms with Crippen LogP contribution in [0.5, 0.6) is 5.75 Å². The van der Waals surface area contributed by atoms with Gasteiger partial charge in [-0.05, 0) is 24.0 Å². The van der Waals surface area contributed by atoms with Crippen LogP contribution in [-0.2, 0) is 4.79 Å². The van der Waals surface area contributed by atoms with Gasteiger partial charge in [-0.2, -0.15) is 0 Å². The van der Waals surface area contributed by atoms with E-state index in [2.05, 4.69) is 5.32 Å². The highest BCUT2D eigenvalue weighted by atomic mass is 16.5. The van der Waals surface area contributed by atoms with E-state index in [1.807, 2.05) is 19.9 Å². The molecule has 1 rings (SSSR count). The minimum absolute atomic E-state index is 0.0556. The van der Waals surface area contributed by atoms with Gasteiger partial charge in [-0.3, -0.25) is 4.79 Å². The van der Waals surface area contributed by atoms with Crippen LogP contribution in [-0.4, -0.2) is 30.8 Å². The van der Waals surface area contributed by atoms with E-state index >= 15 is 0 Å². The van der Waals surface area contributed by atoms with E-state index in [1.54, 1.807) is 18.2 Å². The lowest BCUT2D eigenvalue weighted by Gasteiger charge is -2.23. The van der Waals surface area contributed by atoms with Gasteiger partial charge in [0.1, 0.15) is 5.75 Å². The number of nitrogen functional groups attached to an aromatic ring is 1. The van der Waals surface area contributed by atoms with Crippen LogP contribution in [0, 0.1) is 5.41 Å². The van der Waals surface area contributed by atoms with Crippen LogP contribution in [0.2, 0.25) is 0 Å². The van der Waals surface area contributed by atoms with E-state index in [4.69, 9.17) is 15.6 Å². The Morgan fingerprint density at radius 2 is 2.20 bits per heavy atom. The molecule has 20 heavy (non-hydrogen) atoms. The van der Waals surface area contributed by atoms with Gasteiger partial charge < -0.3 is 20.9 Å². The van der Waals surface area contributed by atoms with Crippen molar-refractivity contribution < 1.29 is 14.6 Å². The summed E-state index contributed by atoms with van der Waals surface area (Å²) < 4.78 is 5.46. The van der Waals surface area contributed by atoms with E-state index < -0.39 is 0 Å². The second-order valence-electron chi connectivity index (χ2n) is 5.59. The minimum Gasteiger partial charge on any atom is -0.493 e. The summed E-state index contributed by atoms with van der Waals surface area (Å²) in [5, 5.41) is 11.8. The van der Waals surface area contributed by atoms with Gasteiger partial charge in [0.05, 0.1) is 13.0 Å². The number of carbonyl (C=O) groups excluding carboxylic acids is 1. The first-order valence-corrected chi connectivity index (χ1v) is 6.79. The fourth-order valence-electron chi connectivity index (χ4n) is 1.68. The number of anilines is 1. The molecule has 4 N–H and O–H groups in total. The number of carbonyl (C=O) groups is 1. The molecule has 0 bridgehead atoms. The number of amides is 1. The fraction of sp³-hybridized carbons (Fsp3) is 0.533. The van der Waals surface area contributed by atoms with Crippen molar-refractivity contribution >= 4 is 11.6 Å². The Labute approximate surface area is 120 Å². The Morgan fingerprint density at radius 3 is 2.85 bits per heavy atom. The Hall–Kier alpha value is -1.75. The molecule has 0 aliphatic carbocycles. The summed E-state index contributed by atoms with van der Waals surface area (Å²) in [7, 11) is 0. The molecule has 0 aliphatic rings. The molecular weight excluding hydrogens is 256 g/mol. The zero-order chi connectivity index (χ0) is 15.0. The van der Waals surface area contributed by atoms with Crippen LogP contribution < -0.4 is 15.8 Å². The van der Waals surface area contributed by atoms with Gasteiger partial charge in [0.25, 0.3) is 0 Å². The van der Waals surface area contributed by atoms with Gasteiger partial charge in [-0.25, -0.2) is 0 Å². The number of aliphatic hydroxyl groups is 1. The summed E-state index contributed by atoms with van der Waals surface area (Å²) in [6.45, 7) is 5.00. The average molecular weight is 280 g/mol. The highest BCUT2D eigenvalue weighted by Crippen LogP contribution is 2.18. The molecule has 0 atom stereocenters.